The molecule has 3 rings (SSSR count). The Bertz CT molecular complexity index is 772. The fraction of sp³-hybridized carbons (Fsp3) is 0.409. The normalized spacial score (nSPS) is 13.8. The monoisotopic (exact) mass is 370 g/mol. The summed E-state index contributed by atoms with van der Waals surface area (Å²) in [5.74, 6) is 0.556. The van der Waals surface area contributed by atoms with Gasteiger partial charge in [-0.05, 0) is 74.0 Å². The van der Waals surface area contributed by atoms with E-state index >= 15 is 0 Å². The fourth-order valence-electron chi connectivity index (χ4n) is 3.45. The molecule has 0 unspecified atom stereocenters. The van der Waals surface area contributed by atoms with E-state index in [0.29, 0.717) is 25.1 Å². The van der Waals surface area contributed by atoms with Crippen LogP contribution in [0.1, 0.15) is 32.3 Å². The Morgan fingerprint density at radius 3 is 2.52 bits per heavy atom. The zero-order valence-corrected chi connectivity index (χ0v) is 16.1. The van der Waals surface area contributed by atoms with E-state index < -0.39 is 0 Å². The number of amides is 1. The SMILES string of the molecule is CCN(CC)CCCOc1ccc2c(c1)CCC(=O)N2c1ccc(F)cc1. The van der Waals surface area contributed by atoms with Gasteiger partial charge in [0.25, 0.3) is 0 Å². The molecule has 0 saturated carbocycles. The zero-order valence-electron chi connectivity index (χ0n) is 16.1. The van der Waals surface area contributed by atoms with Crippen LogP contribution in [0.2, 0.25) is 0 Å². The van der Waals surface area contributed by atoms with Gasteiger partial charge >= 0.3 is 0 Å². The molecule has 1 aliphatic heterocycles. The number of hydrogen-bond donors (Lipinski definition) is 0. The molecule has 0 atom stereocenters. The first-order valence-electron chi connectivity index (χ1n) is 9.69. The van der Waals surface area contributed by atoms with E-state index in [4.69, 9.17) is 4.74 Å². The van der Waals surface area contributed by atoms with Gasteiger partial charge in [0, 0.05) is 18.7 Å². The summed E-state index contributed by atoms with van der Waals surface area (Å²) in [4.78, 5) is 16.5. The summed E-state index contributed by atoms with van der Waals surface area (Å²) in [5.41, 5.74) is 2.63. The number of aryl methyl sites for hydroxylation is 1. The van der Waals surface area contributed by atoms with Crippen molar-refractivity contribution in [3.8, 4) is 5.75 Å². The predicted octanol–water partition coefficient (Wildman–Crippen LogP) is 4.55. The van der Waals surface area contributed by atoms with Crippen molar-refractivity contribution in [2.45, 2.75) is 33.1 Å². The molecule has 144 valence electrons. The minimum Gasteiger partial charge on any atom is -0.494 e. The summed E-state index contributed by atoms with van der Waals surface area (Å²) in [6, 6.07) is 11.9. The molecule has 2 aromatic carbocycles. The van der Waals surface area contributed by atoms with E-state index in [0.717, 1.165) is 43.1 Å². The molecule has 0 radical (unpaired) electrons. The Labute approximate surface area is 160 Å². The van der Waals surface area contributed by atoms with Gasteiger partial charge in [-0.3, -0.25) is 9.69 Å². The average Bonchev–Trinajstić information content (AvgIpc) is 2.69. The molecule has 0 N–H and O–H groups in total. The fourth-order valence-corrected chi connectivity index (χ4v) is 3.45. The van der Waals surface area contributed by atoms with Crippen LogP contribution in [-0.4, -0.2) is 37.0 Å². The quantitative estimate of drug-likeness (QED) is 0.639. The number of nitrogens with zero attached hydrogens (tertiary/aromatic N) is 2. The van der Waals surface area contributed by atoms with Crippen molar-refractivity contribution in [3.05, 3.63) is 53.8 Å². The van der Waals surface area contributed by atoms with Crippen molar-refractivity contribution in [2.75, 3.05) is 31.1 Å². The second-order valence-corrected chi connectivity index (χ2v) is 6.72. The summed E-state index contributed by atoms with van der Waals surface area (Å²) in [6.07, 6.45) is 2.12. The Kier molecular flexibility index (Phi) is 6.45. The van der Waals surface area contributed by atoms with Crippen LogP contribution in [-0.2, 0) is 11.2 Å². The second-order valence-electron chi connectivity index (χ2n) is 6.72. The molecule has 1 heterocycles. The van der Waals surface area contributed by atoms with Crippen LogP contribution >= 0.6 is 0 Å². The number of carbonyl (C=O) groups is 1. The lowest BCUT2D eigenvalue weighted by molar-refractivity contribution is -0.118. The molecule has 2 aromatic rings. The lowest BCUT2D eigenvalue weighted by atomic mass is 10.00. The number of carbonyl (C=O) groups excluding carboxylic acids is 1. The van der Waals surface area contributed by atoms with Gasteiger partial charge < -0.3 is 9.64 Å². The molecule has 0 fully saturated rings. The Morgan fingerprint density at radius 1 is 1.07 bits per heavy atom. The molecule has 5 heteroatoms. The summed E-state index contributed by atoms with van der Waals surface area (Å²) in [7, 11) is 0. The first-order chi connectivity index (χ1) is 13.1. The van der Waals surface area contributed by atoms with Gasteiger partial charge in [-0.25, -0.2) is 4.39 Å². The van der Waals surface area contributed by atoms with Crippen LogP contribution in [0.3, 0.4) is 0 Å². The minimum absolute atomic E-state index is 0.0296. The van der Waals surface area contributed by atoms with Gasteiger partial charge in [0.2, 0.25) is 5.91 Å². The second kappa shape index (κ2) is 9.00. The van der Waals surface area contributed by atoms with Crippen LogP contribution in [0.25, 0.3) is 0 Å². The maximum atomic E-state index is 13.2. The van der Waals surface area contributed by atoms with Crippen molar-refractivity contribution in [1.29, 1.82) is 0 Å². The third-order valence-electron chi connectivity index (χ3n) is 5.02. The third-order valence-corrected chi connectivity index (χ3v) is 5.02. The van der Waals surface area contributed by atoms with Crippen LogP contribution in [0.5, 0.6) is 5.75 Å². The highest BCUT2D eigenvalue weighted by Crippen LogP contribution is 2.36. The average molecular weight is 370 g/mol. The van der Waals surface area contributed by atoms with E-state index in [-0.39, 0.29) is 11.7 Å². The number of rotatable bonds is 8. The number of fused-ring (bicyclic) bond motifs is 1. The molecule has 0 spiro atoms. The molecular formula is C22H27FN2O2. The smallest absolute Gasteiger partial charge is 0.231 e. The highest BCUT2D eigenvalue weighted by molar-refractivity contribution is 6.03. The maximum Gasteiger partial charge on any atom is 0.231 e. The largest absolute Gasteiger partial charge is 0.494 e. The van der Waals surface area contributed by atoms with E-state index in [1.807, 2.05) is 18.2 Å². The highest BCUT2D eigenvalue weighted by Gasteiger charge is 2.25. The van der Waals surface area contributed by atoms with Gasteiger partial charge in [0.1, 0.15) is 11.6 Å². The lowest BCUT2D eigenvalue weighted by Crippen LogP contribution is -2.30. The number of anilines is 2. The topological polar surface area (TPSA) is 32.8 Å². The molecule has 4 nitrogen and oxygen atoms in total. The first kappa shape index (κ1) is 19.4. The molecule has 0 bridgehead atoms. The number of ether oxygens (including phenoxy) is 1. The number of halogens is 1. The Balaban J connectivity index is 1.69. The molecule has 0 saturated heterocycles. The highest BCUT2D eigenvalue weighted by atomic mass is 19.1. The molecule has 1 amide bonds. The molecule has 0 aliphatic carbocycles. The van der Waals surface area contributed by atoms with Crippen molar-refractivity contribution in [2.24, 2.45) is 0 Å². The van der Waals surface area contributed by atoms with Crippen LogP contribution < -0.4 is 9.64 Å². The lowest BCUT2D eigenvalue weighted by Gasteiger charge is -2.30. The Morgan fingerprint density at radius 2 is 1.81 bits per heavy atom. The number of benzene rings is 2. The van der Waals surface area contributed by atoms with Crippen molar-refractivity contribution in [1.82, 2.24) is 4.90 Å². The molecular weight excluding hydrogens is 343 g/mol. The third kappa shape index (κ3) is 4.66. The van der Waals surface area contributed by atoms with Gasteiger partial charge in [-0.15, -0.1) is 0 Å². The van der Waals surface area contributed by atoms with E-state index in [9.17, 15) is 9.18 Å². The van der Waals surface area contributed by atoms with Crippen LogP contribution in [0.15, 0.2) is 42.5 Å². The van der Waals surface area contributed by atoms with Crippen LogP contribution in [0, 0.1) is 5.82 Å². The standard InChI is InChI=1S/C22H27FN2O2/c1-3-24(4-2)14-5-15-27-20-11-12-21-17(16-20)6-13-22(26)25(21)19-9-7-18(23)8-10-19/h7-12,16H,3-6,13-15H2,1-2H3. The Hall–Kier alpha value is -2.40. The van der Waals surface area contributed by atoms with E-state index in [1.54, 1.807) is 17.0 Å². The summed E-state index contributed by atoms with van der Waals surface area (Å²) >= 11 is 0. The first-order valence-corrected chi connectivity index (χ1v) is 9.69. The molecule has 0 aromatic heterocycles. The maximum absolute atomic E-state index is 13.2. The van der Waals surface area contributed by atoms with E-state index in [1.165, 1.54) is 12.1 Å². The molecule has 27 heavy (non-hydrogen) atoms. The predicted molar refractivity (Wildman–Crippen MR) is 106 cm³/mol. The van der Waals surface area contributed by atoms with E-state index in [2.05, 4.69) is 18.7 Å². The summed E-state index contributed by atoms with van der Waals surface area (Å²) in [5, 5.41) is 0. The zero-order chi connectivity index (χ0) is 19.2. The summed E-state index contributed by atoms with van der Waals surface area (Å²) in [6.45, 7) is 8.16. The summed E-state index contributed by atoms with van der Waals surface area (Å²) < 4.78 is 19.1. The van der Waals surface area contributed by atoms with Gasteiger partial charge in [0.15, 0.2) is 0 Å². The van der Waals surface area contributed by atoms with Gasteiger partial charge in [-0.1, -0.05) is 13.8 Å². The van der Waals surface area contributed by atoms with Crippen LogP contribution in [0.4, 0.5) is 15.8 Å². The van der Waals surface area contributed by atoms with Gasteiger partial charge in [-0.2, -0.15) is 0 Å². The van der Waals surface area contributed by atoms with Crippen molar-refractivity contribution >= 4 is 17.3 Å². The molecule has 1 aliphatic rings. The van der Waals surface area contributed by atoms with Crippen molar-refractivity contribution in [3.63, 3.8) is 0 Å². The number of hydrogen-bond acceptors (Lipinski definition) is 3. The van der Waals surface area contributed by atoms with Crippen molar-refractivity contribution < 1.29 is 13.9 Å². The van der Waals surface area contributed by atoms with Gasteiger partial charge in [0.05, 0.1) is 12.3 Å². The minimum atomic E-state index is -0.308.